The molecule has 9 heteroatoms. The minimum Gasteiger partial charge on any atom is -0.488 e. The summed E-state index contributed by atoms with van der Waals surface area (Å²) in [6.07, 6.45) is 0. The van der Waals surface area contributed by atoms with E-state index in [9.17, 15) is 18.5 Å². The van der Waals surface area contributed by atoms with Crippen molar-refractivity contribution in [2.45, 2.75) is 11.6 Å². The van der Waals surface area contributed by atoms with Crippen molar-refractivity contribution >= 4 is 25.6 Å². The van der Waals surface area contributed by atoms with E-state index in [0.29, 0.717) is 0 Å². The maximum absolute atomic E-state index is 11.3. The van der Waals surface area contributed by atoms with Crippen molar-refractivity contribution in [2.75, 3.05) is 0 Å². The van der Waals surface area contributed by atoms with Gasteiger partial charge in [0.15, 0.2) is 0 Å². The maximum atomic E-state index is 11.3. The third-order valence-electron chi connectivity index (χ3n) is 2.45. The van der Waals surface area contributed by atoms with Crippen LogP contribution in [0.15, 0.2) is 47.5 Å². The molecule has 0 saturated carbocycles. The number of pyridine rings is 1. The van der Waals surface area contributed by atoms with Crippen LogP contribution in [0.3, 0.4) is 0 Å². The van der Waals surface area contributed by atoms with Crippen LogP contribution in [-0.4, -0.2) is 18.3 Å². The van der Waals surface area contributed by atoms with Gasteiger partial charge < -0.3 is 14.9 Å². The minimum atomic E-state index is -4.19. The lowest BCUT2D eigenvalue weighted by Gasteiger charge is -2.06. The number of hydrogen-bond donors (Lipinski definition) is 0. The lowest BCUT2D eigenvalue weighted by molar-refractivity contribution is -0.390. The van der Waals surface area contributed by atoms with Crippen molar-refractivity contribution in [2.24, 2.45) is 0 Å². The molecule has 0 bridgehead atoms. The molecule has 0 saturated heterocycles. The summed E-state index contributed by atoms with van der Waals surface area (Å²) in [4.78, 5) is 13.3. The second-order valence-corrected chi connectivity index (χ2v) is 6.48. The highest BCUT2D eigenvalue weighted by molar-refractivity contribution is 8.13. The van der Waals surface area contributed by atoms with E-state index in [2.05, 4.69) is 4.98 Å². The van der Waals surface area contributed by atoms with Gasteiger partial charge in [-0.1, -0.05) is 30.3 Å². The highest BCUT2D eigenvalue weighted by Gasteiger charge is 2.23. The van der Waals surface area contributed by atoms with Crippen molar-refractivity contribution in [3.8, 4) is 5.75 Å². The summed E-state index contributed by atoms with van der Waals surface area (Å²) < 4.78 is 27.9. The van der Waals surface area contributed by atoms with Gasteiger partial charge in [0.1, 0.15) is 12.4 Å². The first-order valence-electron chi connectivity index (χ1n) is 5.64. The fourth-order valence-corrected chi connectivity index (χ4v) is 2.21. The van der Waals surface area contributed by atoms with Gasteiger partial charge in [0.05, 0.1) is 6.07 Å². The predicted octanol–water partition coefficient (Wildman–Crippen LogP) is 2.50. The van der Waals surface area contributed by atoms with Crippen LogP contribution < -0.4 is 4.74 Å². The van der Waals surface area contributed by atoms with E-state index < -0.39 is 24.8 Å². The summed E-state index contributed by atoms with van der Waals surface area (Å²) in [7, 11) is 0.968. The van der Waals surface area contributed by atoms with Crippen molar-refractivity contribution in [1.82, 2.24) is 4.98 Å². The molecule has 1 heterocycles. The number of nitro groups is 1. The Balaban J connectivity index is 2.30. The molecule has 0 aliphatic rings. The molecule has 1 aromatic carbocycles. The third kappa shape index (κ3) is 4.14. The number of nitrogens with zero attached hydrogens (tertiary/aromatic N) is 2. The van der Waals surface area contributed by atoms with E-state index in [0.717, 1.165) is 17.7 Å². The Morgan fingerprint density at radius 1 is 1.24 bits per heavy atom. The van der Waals surface area contributed by atoms with Crippen LogP contribution in [0.25, 0.3) is 0 Å². The van der Waals surface area contributed by atoms with Gasteiger partial charge in [-0.25, -0.2) is 8.42 Å². The van der Waals surface area contributed by atoms with Gasteiger partial charge in [-0.2, -0.15) is 0 Å². The highest BCUT2D eigenvalue weighted by Crippen LogP contribution is 2.24. The van der Waals surface area contributed by atoms with Crippen LogP contribution in [0.2, 0.25) is 0 Å². The van der Waals surface area contributed by atoms with E-state index in [4.69, 9.17) is 15.4 Å². The van der Waals surface area contributed by atoms with Gasteiger partial charge in [0.25, 0.3) is 5.03 Å². The Labute approximate surface area is 124 Å². The minimum absolute atomic E-state index is 0.000205. The first kappa shape index (κ1) is 15.2. The van der Waals surface area contributed by atoms with Gasteiger partial charge >= 0.3 is 14.9 Å². The molecule has 0 N–H and O–H groups in total. The molecule has 110 valence electrons. The standard InChI is InChI=1S/C12H9ClN2O5S/c13-21(18,19)12-7-10(6-11(14-12)15(16)17)20-8-9-4-2-1-3-5-9/h1-7H,8H2. The van der Waals surface area contributed by atoms with Crippen LogP contribution >= 0.6 is 10.7 Å². The monoisotopic (exact) mass is 328 g/mol. The average Bonchev–Trinajstić information content (AvgIpc) is 2.45. The Morgan fingerprint density at radius 2 is 1.90 bits per heavy atom. The zero-order chi connectivity index (χ0) is 15.5. The molecule has 0 atom stereocenters. The predicted molar refractivity (Wildman–Crippen MR) is 74.7 cm³/mol. The number of benzene rings is 1. The average molecular weight is 329 g/mol. The number of aromatic nitrogens is 1. The molecule has 1 aromatic heterocycles. The summed E-state index contributed by atoms with van der Waals surface area (Å²) in [5, 5.41) is 10.1. The first-order valence-corrected chi connectivity index (χ1v) is 7.95. The number of hydrogen-bond acceptors (Lipinski definition) is 6. The molecular weight excluding hydrogens is 320 g/mol. The number of ether oxygens (including phenoxy) is 1. The van der Waals surface area contributed by atoms with E-state index >= 15 is 0 Å². The fraction of sp³-hybridized carbons (Fsp3) is 0.0833. The lowest BCUT2D eigenvalue weighted by atomic mass is 10.2. The van der Waals surface area contributed by atoms with Crippen molar-refractivity contribution in [3.05, 3.63) is 58.1 Å². The zero-order valence-electron chi connectivity index (χ0n) is 10.5. The van der Waals surface area contributed by atoms with E-state index in [-0.39, 0.29) is 12.4 Å². The SMILES string of the molecule is O=[N+]([O-])c1cc(OCc2ccccc2)cc(S(=O)(=O)Cl)n1. The first-order chi connectivity index (χ1) is 9.86. The van der Waals surface area contributed by atoms with Gasteiger partial charge in [-0.3, -0.25) is 0 Å². The second-order valence-electron chi connectivity index (χ2n) is 3.97. The van der Waals surface area contributed by atoms with Crippen LogP contribution in [0.1, 0.15) is 5.56 Å². The molecule has 0 radical (unpaired) electrons. The van der Waals surface area contributed by atoms with Crippen LogP contribution in [0.4, 0.5) is 5.82 Å². The third-order valence-corrected chi connectivity index (χ3v) is 3.63. The Hall–Kier alpha value is -2.19. The largest absolute Gasteiger partial charge is 0.488 e. The number of rotatable bonds is 5. The molecule has 2 aromatic rings. The molecule has 0 unspecified atom stereocenters. The fourth-order valence-electron chi connectivity index (χ4n) is 1.51. The Morgan fingerprint density at radius 3 is 2.48 bits per heavy atom. The number of halogens is 1. The molecule has 0 fully saturated rings. The van der Waals surface area contributed by atoms with Crippen LogP contribution in [0.5, 0.6) is 5.75 Å². The zero-order valence-corrected chi connectivity index (χ0v) is 12.0. The summed E-state index contributed by atoms with van der Waals surface area (Å²) in [6, 6.07) is 11.1. The molecule has 0 aliphatic carbocycles. The molecular formula is C12H9ClN2O5S. The summed E-state index contributed by atoms with van der Waals surface area (Å²) in [5.74, 6) is -0.653. The summed E-state index contributed by atoms with van der Waals surface area (Å²) in [6.45, 7) is 0.129. The molecule has 0 spiro atoms. The van der Waals surface area contributed by atoms with Crippen molar-refractivity contribution in [1.29, 1.82) is 0 Å². The Kier molecular flexibility index (Phi) is 4.39. The molecule has 7 nitrogen and oxygen atoms in total. The van der Waals surface area contributed by atoms with Gasteiger partial charge in [0.2, 0.25) is 0 Å². The van der Waals surface area contributed by atoms with E-state index in [1.54, 1.807) is 12.1 Å². The van der Waals surface area contributed by atoms with Crippen molar-refractivity contribution < 1.29 is 18.1 Å². The topological polar surface area (TPSA) is 99.4 Å². The van der Waals surface area contributed by atoms with Crippen molar-refractivity contribution in [3.63, 3.8) is 0 Å². The molecule has 0 aliphatic heterocycles. The molecule has 2 rings (SSSR count). The lowest BCUT2D eigenvalue weighted by Crippen LogP contribution is -2.02. The van der Waals surface area contributed by atoms with E-state index in [1.165, 1.54) is 0 Å². The Bertz CT molecular complexity index is 764. The maximum Gasteiger partial charge on any atom is 0.368 e. The smallest absolute Gasteiger partial charge is 0.368 e. The quantitative estimate of drug-likeness (QED) is 0.475. The summed E-state index contributed by atoms with van der Waals surface area (Å²) >= 11 is 0. The van der Waals surface area contributed by atoms with Gasteiger partial charge in [-0.15, -0.1) is 0 Å². The summed E-state index contributed by atoms with van der Waals surface area (Å²) in [5.41, 5.74) is 0.826. The van der Waals surface area contributed by atoms with Gasteiger partial charge in [-0.05, 0) is 15.5 Å². The normalized spacial score (nSPS) is 11.1. The van der Waals surface area contributed by atoms with Gasteiger partial charge in [0, 0.05) is 16.7 Å². The molecule has 0 amide bonds. The van der Waals surface area contributed by atoms with Crippen LogP contribution in [-0.2, 0) is 15.7 Å². The second kappa shape index (κ2) is 6.06. The molecule has 21 heavy (non-hydrogen) atoms. The highest BCUT2D eigenvalue weighted by atomic mass is 35.7. The van der Waals surface area contributed by atoms with E-state index in [1.807, 2.05) is 18.2 Å². The van der Waals surface area contributed by atoms with Crippen LogP contribution in [0, 0.1) is 10.1 Å².